The van der Waals surface area contributed by atoms with Crippen LogP contribution in [0.15, 0.2) is 48.5 Å². The summed E-state index contributed by atoms with van der Waals surface area (Å²) in [7, 11) is 1.38. The Bertz CT molecular complexity index is 812. The number of nitrogens with zero attached hydrogens (tertiary/aromatic N) is 1. The molecule has 0 aliphatic rings. The topological polar surface area (TPSA) is 84.7 Å². The van der Waals surface area contributed by atoms with Crippen LogP contribution in [-0.4, -0.2) is 30.0 Å². The van der Waals surface area contributed by atoms with Gasteiger partial charge in [-0.3, -0.25) is 4.79 Å². The zero-order valence-electron chi connectivity index (χ0n) is 16.3. The molecule has 0 fully saturated rings. The summed E-state index contributed by atoms with van der Waals surface area (Å²) < 4.78 is 19.0. The molecular formula is C21H26FN3O3. The maximum absolute atomic E-state index is 14.1. The predicted octanol–water partition coefficient (Wildman–Crippen LogP) is 3.77. The highest BCUT2D eigenvalue weighted by Crippen LogP contribution is 2.22. The first-order valence-corrected chi connectivity index (χ1v) is 9.06. The number of urea groups is 1. The monoisotopic (exact) mass is 387 g/mol. The summed E-state index contributed by atoms with van der Waals surface area (Å²) in [5.41, 5.74) is 6.71. The van der Waals surface area contributed by atoms with Crippen LogP contribution in [0.1, 0.15) is 25.8 Å². The van der Waals surface area contributed by atoms with Gasteiger partial charge in [-0.15, -0.1) is 0 Å². The van der Waals surface area contributed by atoms with Crippen LogP contribution >= 0.6 is 0 Å². The molecule has 6 nitrogen and oxygen atoms in total. The lowest BCUT2D eigenvalue weighted by atomic mass is 10.0. The molecule has 7 heteroatoms. The first kappa shape index (κ1) is 21.2. The third-order valence-corrected chi connectivity index (χ3v) is 4.25. The first-order valence-electron chi connectivity index (χ1n) is 9.06. The zero-order chi connectivity index (χ0) is 20.7. The number of halogens is 1. The van der Waals surface area contributed by atoms with Crippen LogP contribution in [0.2, 0.25) is 0 Å². The maximum Gasteiger partial charge on any atom is 0.322 e. The van der Waals surface area contributed by atoms with Gasteiger partial charge in [0.15, 0.2) is 11.6 Å². The van der Waals surface area contributed by atoms with Crippen molar-refractivity contribution in [2.75, 3.05) is 12.4 Å². The fourth-order valence-electron chi connectivity index (χ4n) is 2.89. The summed E-state index contributed by atoms with van der Waals surface area (Å²) in [5, 5.41) is 2.77. The molecule has 0 saturated carbocycles. The minimum atomic E-state index is -0.825. The highest BCUT2D eigenvalue weighted by atomic mass is 19.1. The van der Waals surface area contributed by atoms with Crippen molar-refractivity contribution in [3.63, 3.8) is 0 Å². The summed E-state index contributed by atoms with van der Waals surface area (Å²) in [6, 6.07) is 12.0. The van der Waals surface area contributed by atoms with E-state index in [0.717, 1.165) is 0 Å². The molecule has 150 valence electrons. The summed E-state index contributed by atoms with van der Waals surface area (Å²) in [5.74, 6) is -0.899. The summed E-state index contributed by atoms with van der Waals surface area (Å²) >= 11 is 0. The Hall–Kier alpha value is -3.09. The van der Waals surface area contributed by atoms with Crippen LogP contribution in [-0.2, 0) is 11.3 Å². The van der Waals surface area contributed by atoms with Crippen molar-refractivity contribution in [1.29, 1.82) is 0 Å². The molecule has 0 aliphatic carbocycles. The van der Waals surface area contributed by atoms with E-state index < -0.39 is 23.8 Å². The number of nitrogens with one attached hydrogen (secondary N) is 1. The molecule has 0 spiro atoms. The van der Waals surface area contributed by atoms with E-state index in [1.54, 1.807) is 30.3 Å². The van der Waals surface area contributed by atoms with E-state index in [9.17, 15) is 14.0 Å². The highest BCUT2D eigenvalue weighted by molar-refractivity contribution is 5.93. The van der Waals surface area contributed by atoms with E-state index in [2.05, 4.69) is 5.32 Å². The van der Waals surface area contributed by atoms with Crippen molar-refractivity contribution in [3.05, 3.63) is 59.9 Å². The standard InChI is InChI=1S/C21H26FN3O3/c1-14(2)11-18(20(23)26)25(21(27)24-16-7-5-4-6-8-16)13-15-9-10-19(28-3)17(22)12-15/h4-10,12,14,18H,11,13H2,1-3H3,(H2,23,26)(H,24,27). The van der Waals surface area contributed by atoms with Gasteiger partial charge >= 0.3 is 6.03 Å². The van der Waals surface area contributed by atoms with Crippen molar-refractivity contribution in [3.8, 4) is 5.75 Å². The summed E-state index contributed by atoms with van der Waals surface area (Å²) in [4.78, 5) is 26.4. The molecule has 0 heterocycles. The average Bonchev–Trinajstić information content (AvgIpc) is 2.65. The molecule has 1 atom stereocenters. The largest absolute Gasteiger partial charge is 0.494 e. The van der Waals surface area contributed by atoms with Crippen molar-refractivity contribution < 1.29 is 18.7 Å². The van der Waals surface area contributed by atoms with Crippen LogP contribution in [0.3, 0.4) is 0 Å². The Labute approximate surface area is 164 Å². The van der Waals surface area contributed by atoms with E-state index in [-0.39, 0.29) is 18.2 Å². The number of nitrogens with two attached hydrogens (primary N) is 1. The molecule has 0 bridgehead atoms. The van der Waals surface area contributed by atoms with E-state index in [4.69, 9.17) is 10.5 Å². The molecule has 0 aliphatic heterocycles. The number of benzene rings is 2. The molecule has 2 aromatic rings. The second kappa shape index (κ2) is 9.73. The third-order valence-electron chi connectivity index (χ3n) is 4.25. The van der Waals surface area contributed by atoms with Crippen LogP contribution in [0.4, 0.5) is 14.9 Å². The normalized spacial score (nSPS) is 11.8. The number of anilines is 1. The molecular weight excluding hydrogens is 361 g/mol. The van der Waals surface area contributed by atoms with Gasteiger partial charge in [0.25, 0.3) is 0 Å². The van der Waals surface area contributed by atoms with Gasteiger partial charge in [-0.1, -0.05) is 38.1 Å². The number of carbonyl (C=O) groups excluding carboxylic acids is 2. The first-order chi connectivity index (χ1) is 13.3. The summed E-state index contributed by atoms with van der Waals surface area (Å²) in [6.07, 6.45) is 0.399. The van der Waals surface area contributed by atoms with Gasteiger partial charge in [0, 0.05) is 12.2 Å². The van der Waals surface area contributed by atoms with Gasteiger partial charge in [-0.25, -0.2) is 9.18 Å². The smallest absolute Gasteiger partial charge is 0.322 e. The number of amides is 3. The third kappa shape index (κ3) is 5.70. The van der Waals surface area contributed by atoms with Gasteiger partial charge in [0.2, 0.25) is 5.91 Å². The van der Waals surface area contributed by atoms with Gasteiger partial charge in [0.1, 0.15) is 6.04 Å². The Morgan fingerprint density at radius 2 is 1.86 bits per heavy atom. The number of methoxy groups -OCH3 is 1. The number of rotatable bonds is 8. The number of ether oxygens (including phenoxy) is 1. The minimum absolute atomic E-state index is 0.0277. The predicted molar refractivity (Wildman–Crippen MR) is 106 cm³/mol. The molecule has 0 aromatic heterocycles. The maximum atomic E-state index is 14.1. The van der Waals surface area contributed by atoms with Crippen LogP contribution in [0.25, 0.3) is 0 Å². The van der Waals surface area contributed by atoms with Crippen molar-refractivity contribution in [2.24, 2.45) is 11.7 Å². The average molecular weight is 387 g/mol. The van der Waals surface area contributed by atoms with Crippen molar-refractivity contribution in [2.45, 2.75) is 32.9 Å². The molecule has 3 N–H and O–H groups in total. The van der Waals surface area contributed by atoms with Crippen LogP contribution in [0, 0.1) is 11.7 Å². The fraction of sp³-hybridized carbons (Fsp3) is 0.333. The SMILES string of the molecule is COc1ccc(CN(C(=O)Nc2ccccc2)C(CC(C)C)C(N)=O)cc1F. The number of para-hydroxylation sites is 1. The molecule has 2 rings (SSSR count). The Morgan fingerprint density at radius 3 is 2.39 bits per heavy atom. The van der Waals surface area contributed by atoms with E-state index in [0.29, 0.717) is 17.7 Å². The molecule has 3 amide bonds. The number of carbonyl (C=O) groups is 2. The molecule has 1 unspecified atom stereocenters. The number of primary amides is 1. The lowest BCUT2D eigenvalue weighted by Crippen LogP contribution is -2.49. The second-order valence-electron chi connectivity index (χ2n) is 6.94. The highest BCUT2D eigenvalue weighted by Gasteiger charge is 2.29. The molecule has 0 saturated heterocycles. The zero-order valence-corrected chi connectivity index (χ0v) is 16.3. The summed E-state index contributed by atoms with van der Waals surface area (Å²) in [6.45, 7) is 3.91. The molecule has 2 aromatic carbocycles. The Balaban J connectivity index is 2.32. The fourth-order valence-corrected chi connectivity index (χ4v) is 2.89. The number of hydrogen-bond acceptors (Lipinski definition) is 3. The van der Waals surface area contributed by atoms with Crippen molar-refractivity contribution in [1.82, 2.24) is 4.90 Å². The van der Waals surface area contributed by atoms with Crippen LogP contribution in [0.5, 0.6) is 5.75 Å². The Kier molecular flexibility index (Phi) is 7.37. The van der Waals surface area contributed by atoms with E-state index in [1.165, 1.54) is 24.1 Å². The van der Waals surface area contributed by atoms with Gasteiger partial charge in [-0.2, -0.15) is 0 Å². The molecule has 28 heavy (non-hydrogen) atoms. The van der Waals surface area contributed by atoms with E-state index >= 15 is 0 Å². The Morgan fingerprint density at radius 1 is 1.18 bits per heavy atom. The minimum Gasteiger partial charge on any atom is -0.494 e. The van der Waals surface area contributed by atoms with Gasteiger partial charge in [0.05, 0.1) is 7.11 Å². The van der Waals surface area contributed by atoms with Crippen LogP contribution < -0.4 is 15.8 Å². The van der Waals surface area contributed by atoms with Gasteiger partial charge in [-0.05, 0) is 42.2 Å². The van der Waals surface area contributed by atoms with E-state index in [1.807, 2.05) is 19.9 Å². The van der Waals surface area contributed by atoms with Gasteiger partial charge < -0.3 is 20.7 Å². The van der Waals surface area contributed by atoms with Crippen molar-refractivity contribution >= 4 is 17.6 Å². The lowest BCUT2D eigenvalue weighted by molar-refractivity contribution is -0.122. The lowest BCUT2D eigenvalue weighted by Gasteiger charge is -2.31. The quantitative estimate of drug-likeness (QED) is 0.723. The second-order valence-corrected chi connectivity index (χ2v) is 6.94. The number of hydrogen-bond donors (Lipinski definition) is 2. The molecule has 0 radical (unpaired) electrons.